The summed E-state index contributed by atoms with van der Waals surface area (Å²) in [7, 11) is -58.9. The van der Waals surface area contributed by atoms with E-state index >= 15 is 0 Å². The Morgan fingerprint density at radius 2 is 0.273 bits per heavy atom. The van der Waals surface area contributed by atoms with Gasteiger partial charge in [-0.1, -0.05) is 182 Å². The van der Waals surface area contributed by atoms with Crippen LogP contribution in [0.5, 0.6) is 0 Å². The molecular formula is C72H136O19Si19. The first-order valence-corrected chi connectivity index (χ1v) is 89.5. The van der Waals surface area contributed by atoms with Crippen molar-refractivity contribution in [2.75, 3.05) is 0 Å². The molecule has 0 atom stereocenters. The van der Waals surface area contributed by atoms with Crippen LogP contribution >= 0.6 is 0 Å². The fourth-order valence-electron chi connectivity index (χ4n) is 15.4. The molecule has 0 fully saturated rings. The van der Waals surface area contributed by atoms with Crippen molar-refractivity contribution in [3.63, 3.8) is 0 Å². The van der Waals surface area contributed by atoms with Gasteiger partial charge >= 0.3 is 154 Å². The molecule has 0 amide bonds. The van der Waals surface area contributed by atoms with E-state index in [1.165, 1.54) is 0 Å². The Hall–Kier alpha value is -1.32. The summed E-state index contributed by atoms with van der Waals surface area (Å²) >= 11 is 0. The van der Waals surface area contributed by atoms with Gasteiger partial charge in [-0.15, -0.1) is 0 Å². The maximum Gasteiger partial charge on any atom is 0.389 e. The van der Waals surface area contributed by atoms with Crippen molar-refractivity contribution in [3.8, 4) is 0 Å². The molecule has 0 heterocycles. The zero-order valence-electron chi connectivity index (χ0n) is 73.2. The van der Waals surface area contributed by atoms with E-state index in [1.807, 2.05) is 98.8 Å². The molecule has 6 aromatic rings. The maximum absolute atomic E-state index is 7.84. The van der Waals surface area contributed by atoms with Crippen molar-refractivity contribution in [1.82, 2.24) is 0 Å². The third kappa shape index (κ3) is 31.1. The molecule has 6 aromatic carbocycles. The van der Waals surface area contributed by atoms with Crippen LogP contribution in [-0.2, 0) is 78.5 Å². The molecule has 0 radical (unpaired) electrons. The normalized spacial score (nSPS) is 14.7. The van der Waals surface area contributed by atoms with Crippen molar-refractivity contribution < 1.29 is 78.5 Å². The highest BCUT2D eigenvalue weighted by molar-refractivity contribution is 7.05. The molecule has 0 saturated heterocycles. The molecule has 0 aliphatic heterocycles. The van der Waals surface area contributed by atoms with Crippen LogP contribution in [-0.4, -0.2) is 169 Å². The Labute approximate surface area is 684 Å². The first kappa shape index (κ1) is 97.5. The first-order valence-electron chi connectivity index (χ1n) is 38.4. The summed E-state index contributed by atoms with van der Waals surface area (Å²) in [6.45, 7) is 73.2. The van der Waals surface area contributed by atoms with Crippen LogP contribution in [0.2, 0.25) is 216 Å². The minimum absolute atomic E-state index is 0.0441. The molecule has 0 unspecified atom stereocenters. The summed E-state index contributed by atoms with van der Waals surface area (Å²) in [5.74, 6) is 0. The van der Waals surface area contributed by atoms with Crippen LogP contribution in [0.25, 0.3) is 0 Å². The number of benzene rings is 6. The summed E-state index contributed by atoms with van der Waals surface area (Å²) in [6, 6.07) is 62.0. The predicted molar refractivity (Wildman–Crippen MR) is 495 cm³/mol. The zero-order chi connectivity index (χ0) is 83.2. The molecule has 0 saturated carbocycles. The molecule has 0 bridgehead atoms. The highest BCUT2D eigenvalue weighted by Gasteiger charge is 2.60. The van der Waals surface area contributed by atoms with Gasteiger partial charge in [0.05, 0.1) is 0 Å². The van der Waals surface area contributed by atoms with Gasteiger partial charge in [-0.2, -0.15) is 0 Å². The summed E-state index contributed by atoms with van der Waals surface area (Å²) in [5.41, 5.74) is 0. The Morgan fingerprint density at radius 1 is 0.155 bits per heavy atom. The SMILES string of the molecule is CC(C)O[Si](C)(C)O[Si](C)(C)O[Si](C)(C)O[Si](C)(C)O[Si](C)(C)O[Si](O[Si](C)(C)O[Si](C)(C)O[Si](C)(C)O[Si](C)(C)O[Si](C)(C)O[Si](O[Si](C)(C)O[Si](C)(C)O[Si](C)(C)O[Si](C)(C)O[Si](C)(C)O[Si](O[Si](C)(C)C)(c1ccccc1)c1ccccc1)(c1ccccc1)c1ccccc1)(c1ccccc1)c1ccccc1. The molecule has 0 aromatic heterocycles. The van der Waals surface area contributed by atoms with Crippen LogP contribution in [0.3, 0.4) is 0 Å². The Kier molecular flexibility index (Phi) is 32.6. The first-order chi connectivity index (χ1) is 49.8. The smallest absolute Gasteiger partial charge is 0.389 e. The largest absolute Gasteiger partial charge is 0.430 e. The second-order valence-electron chi connectivity index (χ2n) is 36.2. The van der Waals surface area contributed by atoms with E-state index in [-0.39, 0.29) is 6.10 Å². The second kappa shape index (κ2) is 36.7. The third-order valence-electron chi connectivity index (χ3n) is 15.7. The van der Waals surface area contributed by atoms with Gasteiger partial charge in [-0.3, -0.25) is 0 Å². The van der Waals surface area contributed by atoms with E-state index in [0.717, 1.165) is 31.1 Å². The fraction of sp³-hybridized carbons (Fsp3) is 0.500. The van der Waals surface area contributed by atoms with E-state index in [0.29, 0.717) is 0 Å². The van der Waals surface area contributed by atoms with Crippen molar-refractivity contribution in [1.29, 1.82) is 0 Å². The molecule has 110 heavy (non-hydrogen) atoms. The Balaban J connectivity index is 1.22. The van der Waals surface area contributed by atoms with E-state index in [1.54, 1.807) is 0 Å². The average Bonchev–Trinajstić information content (AvgIpc) is 0.757. The lowest BCUT2D eigenvalue weighted by atomic mass is 10.4. The number of hydrogen-bond donors (Lipinski definition) is 0. The molecule has 614 valence electrons. The summed E-state index contributed by atoms with van der Waals surface area (Å²) in [6.07, 6.45) is 0.0441. The van der Waals surface area contributed by atoms with Crippen LogP contribution in [0.1, 0.15) is 13.8 Å². The lowest BCUT2D eigenvalue weighted by molar-refractivity contribution is 0.175. The van der Waals surface area contributed by atoms with Crippen LogP contribution in [0, 0.1) is 0 Å². The van der Waals surface area contributed by atoms with Gasteiger partial charge in [0.2, 0.25) is 0 Å². The monoisotopic (exact) mass is 1840 g/mol. The molecule has 0 spiro atoms. The lowest BCUT2D eigenvalue weighted by Crippen LogP contribution is -2.73. The van der Waals surface area contributed by atoms with E-state index in [2.05, 4.69) is 313 Å². The predicted octanol–water partition coefficient (Wildman–Crippen LogP) is 16.8. The van der Waals surface area contributed by atoms with Crippen molar-refractivity contribution in [2.24, 2.45) is 0 Å². The van der Waals surface area contributed by atoms with Gasteiger partial charge < -0.3 is 78.5 Å². The summed E-state index contributed by atoms with van der Waals surface area (Å²) in [5, 5.41) is 5.78. The van der Waals surface area contributed by atoms with E-state index in [9.17, 15) is 0 Å². The van der Waals surface area contributed by atoms with Crippen molar-refractivity contribution in [3.05, 3.63) is 182 Å². The third-order valence-corrected chi connectivity index (χ3v) is 89.7. The molecular weight excluding hydrogens is 1700 g/mol. The van der Waals surface area contributed by atoms with Gasteiger partial charge in [0.25, 0.3) is 0 Å². The van der Waals surface area contributed by atoms with E-state index < -0.39 is 162 Å². The highest BCUT2D eigenvalue weighted by atomic mass is 28.6. The molecule has 38 heteroatoms. The Bertz CT molecular complexity index is 3730. The second-order valence-corrected chi connectivity index (χ2v) is 104. The van der Waals surface area contributed by atoms with Crippen LogP contribution < -0.4 is 31.1 Å². The van der Waals surface area contributed by atoms with Crippen molar-refractivity contribution >= 4 is 194 Å². The molecule has 0 aliphatic rings. The zero-order valence-corrected chi connectivity index (χ0v) is 92.2. The van der Waals surface area contributed by atoms with Gasteiger partial charge in [0.15, 0.2) is 8.32 Å². The van der Waals surface area contributed by atoms with Crippen LogP contribution in [0.4, 0.5) is 0 Å². The van der Waals surface area contributed by atoms with Gasteiger partial charge in [-0.05, 0) is 261 Å². The average molecular weight is 1840 g/mol. The molecule has 0 aliphatic carbocycles. The topological polar surface area (TPSA) is 175 Å². The van der Waals surface area contributed by atoms with Gasteiger partial charge in [0.1, 0.15) is 0 Å². The quantitative estimate of drug-likeness (QED) is 0.0330. The number of hydrogen-bond acceptors (Lipinski definition) is 19. The molecule has 0 N–H and O–H groups in total. The van der Waals surface area contributed by atoms with E-state index in [4.69, 9.17) is 78.5 Å². The molecule has 19 nitrogen and oxygen atoms in total. The summed E-state index contributed by atoms with van der Waals surface area (Å²) in [4.78, 5) is 0. The standard InChI is InChI=1S/C72H136O19Si19/c1-66(2)73-93(6,7)75-94(8,9)76-95(10,11)77-99(18,19)83-104(28,29)88-109(69-58-46-38-47-59-69,70-60-48-39-49-61-70)89-106(32,33)85-101(22,23)80-97(14,15)81-102(24,25)86-107(34,35)91-110(71-62-50-40-51-63-71,72-64-52-41-53-65-72)90-105(30,31)84-100(20,21)79-96(12,13)78-98(16,17)82-103(26,27)87-108(74-92(3,4)5,67-54-42-36-43-55-67)68-56-44-37-45-57-68/h36-66H,1-35H3. The van der Waals surface area contributed by atoms with Gasteiger partial charge in [-0.25, -0.2) is 0 Å². The lowest BCUT2D eigenvalue weighted by Gasteiger charge is -2.47. The minimum Gasteiger partial charge on any atom is -0.430 e. The molecule has 6 rings (SSSR count). The minimum atomic E-state index is -3.78. The van der Waals surface area contributed by atoms with Crippen LogP contribution in [0.15, 0.2) is 182 Å². The maximum atomic E-state index is 7.84. The summed E-state index contributed by atoms with van der Waals surface area (Å²) < 4.78 is 139. The fourth-order valence-corrected chi connectivity index (χ4v) is 110. The highest BCUT2D eigenvalue weighted by Crippen LogP contribution is 2.36. The van der Waals surface area contributed by atoms with Crippen molar-refractivity contribution in [2.45, 2.75) is 236 Å². The van der Waals surface area contributed by atoms with Gasteiger partial charge in [0, 0.05) is 6.10 Å². The number of rotatable bonds is 44. The Morgan fingerprint density at radius 3 is 0.400 bits per heavy atom.